The van der Waals surface area contributed by atoms with E-state index in [9.17, 15) is 0 Å². The predicted octanol–water partition coefficient (Wildman–Crippen LogP) is 10.4. The molecule has 0 heterocycles. The summed E-state index contributed by atoms with van der Waals surface area (Å²) in [5.41, 5.74) is 15.4. The Labute approximate surface area is 265 Å². The summed E-state index contributed by atoms with van der Waals surface area (Å²) in [4.78, 5) is 0. The van der Waals surface area contributed by atoms with Gasteiger partial charge >= 0.3 is 0 Å². The molecular weight excluding hydrogens is 515 g/mol. The molecule has 3 aromatic carbocycles. The third-order valence-corrected chi connectivity index (χ3v) is 8.86. The normalized spacial score (nSPS) is 13.9. The van der Waals surface area contributed by atoms with Gasteiger partial charge in [-0.2, -0.15) is 0 Å². The maximum atomic E-state index is 2.50. The van der Waals surface area contributed by atoms with Gasteiger partial charge in [0.2, 0.25) is 6.71 Å². The van der Waals surface area contributed by atoms with Gasteiger partial charge in [0.15, 0.2) is 0 Å². The second kappa shape index (κ2) is 13.3. The van der Waals surface area contributed by atoms with Gasteiger partial charge in [0.05, 0.1) is 0 Å². The van der Waals surface area contributed by atoms with Crippen LogP contribution in [0.25, 0.3) is 0 Å². The highest BCUT2D eigenvalue weighted by Crippen LogP contribution is 2.28. The van der Waals surface area contributed by atoms with Gasteiger partial charge in [-0.25, -0.2) is 0 Å². The molecule has 0 saturated carbocycles. The van der Waals surface area contributed by atoms with Crippen LogP contribution in [0.1, 0.15) is 116 Å². The van der Waals surface area contributed by atoms with Crippen LogP contribution in [0.2, 0.25) is 0 Å². The zero-order valence-electron chi connectivity index (χ0n) is 29.8. The first-order valence-electron chi connectivity index (χ1n) is 16.1. The van der Waals surface area contributed by atoms with Crippen LogP contribution in [0.4, 0.5) is 0 Å². The molecule has 3 aromatic rings. The van der Waals surface area contributed by atoms with Gasteiger partial charge in [0.1, 0.15) is 0 Å². The first-order chi connectivity index (χ1) is 19.8. The third-order valence-electron chi connectivity index (χ3n) is 8.86. The second-order valence-corrected chi connectivity index (χ2v) is 15.8. The number of benzene rings is 3. The molecule has 0 unspecified atom stereocenters. The summed E-state index contributed by atoms with van der Waals surface area (Å²) in [5.74, 6) is 0. The standard InChI is InChI=1S/C42H57B/c1-15-16-29(2)25-32(5)37(26-33-19-23-34(24-20-33)40(6,7)8)43(38-27-35(41(9,10)11)21-17-30(38)3)39-28-36(42(12,13)14)22-18-31(39)4/h15-25,27-28H,26H2,1-14H3/b16-15+,29-25-,37-32+. The van der Waals surface area contributed by atoms with Crippen LogP contribution >= 0.6 is 0 Å². The molecule has 0 aromatic heterocycles. The molecule has 0 aliphatic heterocycles. The van der Waals surface area contributed by atoms with Gasteiger partial charge in [-0.15, -0.1) is 0 Å². The highest BCUT2D eigenvalue weighted by Gasteiger charge is 2.31. The Balaban J connectivity index is 2.43. The minimum Gasteiger partial charge on any atom is -0.0874 e. The van der Waals surface area contributed by atoms with Gasteiger partial charge in [-0.05, 0) is 79.5 Å². The first kappa shape index (κ1) is 34.4. The molecule has 0 aliphatic rings. The minimum atomic E-state index is 0.0689. The van der Waals surface area contributed by atoms with Gasteiger partial charge < -0.3 is 0 Å². The van der Waals surface area contributed by atoms with Gasteiger partial charge in [-0.1, -0.05) is 180 Å². The van der Waals surface area contributed by atoms with E-state index in [4.69, 9.17) is 0 Å². The monoisotopic (exact) mass is 572 g/mol. The second-order valence-electron chi connectivity index (χ2n) is 15.8. The average Bonchev–Trinajstić information content (AvgIpc) is 2.88. The maximum Gasteiger partial charge on any atom is 0.238 e. The topological polar surface area (TPSA) is 0 Å². The lowest BCUT2D eigenvalue weighted by molar-refractivity contribution is 0.590. The summed E-state index contributed by atoms with van der Waals surface area (Å²) in [6.07, 6.45) is 7.64. The van der Waals surface area contributed by atoms with Crippen molar-refractivity contribution < 1.29 is 0 Å². The third kappa shape index (κ3) is 8.75. The van der Waals surface area contributed by atoms with Crippen molar-refractivity contribution in [3.8, 4) is 0 Å². The van der Waals surface area contributed by atoms with Crippen molar-refractivity contribution in [1.29, 1.82) is 0 Å². The van der Waals surface area contributed by atoms with E-state index in [0.29, 0.717) is 0 Å². The van der Waals surface area contributed by atoms with Crippen molar-refractivity contribution in [2.45, 2.75) is 120 Å². The van der Waals surface area contributed by atoms with Crippen molar-refractivity contribution in [2.24, 2.45) is 0 Å². The van der Waals surface area contributed by atoms with E-state index in [-0.39, 0.29) is 23.0 Å². The lowest BCUT2D eigenvalue weighted by atomic mass is 9.33. The van der Waals surface area contributed by atoms with Gasteiger partial charge in [0.25, 0.3) is 0 Å². The number of hydrogen-bond acceptors (Lipinski definition) is 0. The summed E-state index contributed by atoms with van der Waals surface area (Å²) in [6, 6.07) is 23.7. The number of hydrogen-bond donors (Lipinski definition) is 0. The lowest BCUT2D eigenvalue weighted by Gasteiger charge is -2.29. The van der Waals surface area contributed by atoms with Crippen LogP contribution in [-0.4, -0.2) is 6.71 Å². The van der Waals surface area contributed by atoms with E-state index in [0.717, 1.165) is 6.42 Å². The summed E-state index contributed by atoms with van der Waals surface area (Å²) in [5, 5.41) is 0. The fourth-order valence-electron chi connectivity index (χ4n) is 5.94. The summed E-state index contributed by atoms with van der Waals surface area (Å²) in [6.45, 7) is 32.2. The largest absolute Gasteiger partial charge is 0.238 e. The lowest BCUT2D eigenvalue weighted by Crippen LogP contribution is -2.48. The number of rotatable bonds is 7. The molecule has 1 heteroatoms. The molecule has 0 N–H and O–H groups in total. The van der Waals surface area contributed by atoms with Crippen LogP contribution < -0.4 is 10.9 Å². The first-order valence-corrected chi connectivity index (χ1v) is 16.1. The quantitative estimate of drug-likeness (QED) is 0.195. The Hall–Kier alpha value is -3.06. The molecule has 0 spiro atoms. The van der Waals surface area contributed by atoms with E-state index in [1.54, 1.807) is 0 Å². The molecule has 0 fully saturated rings. The zero-order valence-corrected chi connectivity index (χ0v) is 29.8. The fourth-order valence-corrected chi connectivity index (χ4v) is 5.94. The van der Waals surface area contributed by atoms with Crippen molar-refractivity contribution in [2.75, 3.05) is 0 Å². The summed E-state index contributed by atoms with van der Waals surface area (Å²) in [7, 11) is 0. The molecule has 0 bridgehead atoms. The molecule has 43 heavy (non-hydrogen) atoms. The Kier molecular flexibility index (Phi) is 10.6. The van der Waals surface area contributed by atoms with E-state index in [1.807, 2.05) is 0 Å². The molecule has 228 valence electrons. The summed E-state index contributed by atoms with van der Waals surface area (Å²) >= 11 is 0. The van der Waals surface area contributed by atoms with Crippen molar-refractivity contribution >= 4 is 17.6 Å². The molecule has 3 rings (SSSR count). The Morgan fingerprint density at radius 1 is 0.628 bits per heavy atom. The Morgan fingerprint density at radius 3 is 1.44 bits per heavy atom. The van der Waals surface area contributed by atoms with E-state index < -0.39 is 0 Å². The highest BCUT2D eigenvalue weighted by molar-refractivity contribution is 6.91. The smallest absolute Gasteiger partial charge is 0.0874 e. The zero-order chi connectivity index (χ0) is 32.3. The van der Waals surface area contributed by atoms with Crippen LogP contribution in [-0.2, 0) is 22.7 Å². The predicted molar refractivity (Wildman–Crippen MR) is 195 cm³/mol. The highest BCUT2D eigenvalue weighted by atomic mass is 14.2. The fraction of sp³-hybridized carbons (Fsp3) is 0.429. The van der Waals surface area contributed by atoms with Crippen LogP contribution in [0.3, 0.4) is 0 Å². The van der Waals surface area contributed by atoms with E-state index in [2.05, 4.69) is 176 Å². The minimum absolute atomic E-state index is 0.0689. The number of allylic oxidation sites excluding steroid dienone is 6. The van der Waals surface area contributed by atoms with Crippen molar-refractivity contribution in [3.05, 3.63) is 129 Å². The molecule has 0 aliphatic carbocycles. The van der Waals surface area contributed by atoms with Gasteiger partial charge in [0, 0.05) is 0 Å². The average molecular weight is 573 g/mol. The molecule has 0 saturated heterocycles. The Bertz CT molecular complexity index is 1440. The molecular formula is C42H57B. The van der Waals surface area contributed by atoms with Crippen LogP contribution in [0.5, 0.6) is 0 Å². The van der Waals surface area contributed by atoms with Gasteiger partial charge in [-0.3, -0.25) is 0 Å². The Morgan fingerprint density at radius 2 is 1.05 bits per heavy atom. The van der Waals surface area contributed by atoms with Crippen molar-refractivity contribution in [1.82, 2.24) is 0 Å². The van der Waals surface area contributed by atoms with Crippen LogP contribution in [0.15, 0.2) is 95.5 Å². The van der Waals surface area contributed by atoms with E-state index >= 15 is 0 Å². The molecule has 0 radical (unpaired) electrons. The van der Waals surface area contributed by atoms with Crippen LogP contribution in [0, 0.1) is 13.8 Å². The molecule has 0 amide bonds. The van der Waals surface area contributed by atoms with Crippen molar-refractivity contribution in [3.63, 3.8) is 0 Å². The molecule has 0 nitrogen and oxygen atoms in total. The molecule has 0 atom stereocenters. The maximum absolute atomic E-state index is 2.50. The number of aryl methyl sites for hydroxylation is 2. The van der Waals surface area contributed by atoms with E-state index in [1.165, 1.54) is 60.9 Å². The summed E-state index contributed by atoms with van der Waals surface area (Å²) < 4.78 is 0. The SMILES string of the molecule is C/C=C/C(C)=C\C(C)=C(/Cc1ccc(C(C)(C)C)cc1)B(c1cc(C(C)(C)C)ccc1C)c1cc(C(C)(C)C)ccc1C.